The number of likely N-dealkylation sites (N-methyl/N-ethyl adjacent to an activating group) is 1. The number of carbonyl (C=O) groups excluding carboxylic acids is 3. The van der Waals surface area contributed by atoms with Crippen LogP contribution < -0.4 is 10.1 Å². The van der Waals surface area contributed by atoms with E-state index < -0.39 is 11.7 Å². The number of anilines is 1. The van der Waals surface area contributed by atoms with Crippen molar-refractivity contribution in [3.8, 4) is 5.75 Å². The van der Waals surface area contributed by atoms with Crippen LogP contribution in [0.4, 0.5) is 5.69 Å². The number of nitrogens with zero attached hydrogens (tertiary/aromatic N) is 1. The van der Waals surface area contributed by atoms with Crippen LogP contribution in [0.25, 0.3) is 0 Å². The van der Waals surface area contributed by atoms with E-state index in [9.17, 15) is 14.4 Å². The molecule has 0 unspecified atom stereocenters. The van der Waals surface area contributed by atoms with Crippen molar-refractivity contribution < 1.29 is 19.1 Å². The molecule has 1 aromatic carbocycles. The fraction of sp³-hybridized carbons (Fsp3) is 0.308. The van der Waals surface area contributed by atoms with Crippen LogP contribution in [0.3, 0.4) is 0 Å². The average molecular weight is 262 g/mol. The molecule has 0 radical (unpaired) electrons. The summed E-state index contributed by atoms with van der Waals surface area (Å²) in [6.45, 7) is 1.54. The minimum Gasteiger partial charge on any atom is -0.482 e. The number of hydrogen-bond donors (Lipinski definition) is 1. The lowest BCUT2D eigenvalue weighted by molar-refractivity contribution is -0.143. The number of benzene rings is 1. The second kappa shape index (κ2) is 5.09. The number of ether oxygens (including phenoxy) is 1. The van der Waals surface area contributed by atoms with E-state index in [1.807, 2.05) is 0 Å². The zero-order valence-corrected chi connectivity index (χ0v) is 10.7. The van der Waals surface area contributed by atoms with Gasteiger partial charge in [-0.1, -0.05) is 6.07 Å². The van der Waals surface area contributed by atoms with E-state index in [0.717, 1.165) is 5.56 Å². The predicted molar refractivity (Wildman–Crippen MR) is 67.7 cm³/mol. The van der Waals surface area contributed by atoms with Crippen LogP contribution in [0.5, 0.6) is 5.75 Å². The Labute approximate surface area is 110 Å². The summed E-state index contributed by atoms with van der Waals surface area (Å²) in [5, 5.41) is 2.69. The standard InChI is InChI=1S/C13H14N2O4/c1-8(16)13(18)15(2)6-9-3-4-11-10(5-9)14-12(17)7-19-11/h3-5H,6-7H2,1-2H3,(H,14,17). The fourth-order valence-corrected chi connectivity index (χ4v) is 1.84. The molecule has 0 atom stereocenters. The maximum Gasteiger partial charge on any atom is 0.289 e. The van der Waals surface area contributed by atoms with Crippen molar-refractivity contribution in [3.05, 3.63) is 23.8 Å². The number of hydrogen-bond acceptors (Lipinski definition) is 4. The number of ketones is 1. The SMILES string of the molecule is CC(=O)C(=O)N(C)Cc1ccc2c(c1)NC(=O)CO2. The highest BCUT2D eigenvalue weighted by molar-refractivity contribution is 6.34. The van der Waals surface area contributed by atoms with E-state index in [1.54, 1.807) is 25.2 Å². The van der Waals surface area contributed by atoms with Gasteiger partial charge in [-0.25, -0.2) is 0 Å². The third kappa shape index (κ3) is 2.90. The van der Waals surface area contributed by atoms with Gasteiger partial charge in [0.1, 0.15) is 5.75 Å². The van der Waals surface area contributed by atoms with Crippen LogP contribution in [0.15, 0.2) is 18.2 Å². The van der Waals surface area contributed by atoms with Gasteiger partial charge in [0.05, 0.1) is 5.69 Å². The summed E-state index contributed by atoms with van der Waals surface area (Å²) >= 11 is 0. The number of Topliss-reactive ketones (excluding diaryl/α,β-unsaturated/α-hetero) is 1. The van der Waals surface area contributed by atoms with Crippen LogP contribution >= 0.6 is 0 Å². The molecule has 6 heteroatoms. The van der Waals surface area contributed by atoms with Crippen LogP contribution in [-0.4, -0.2) is 36.2 Å². The molecule has 6 nitrogen and oxygen atoms in total. The maximum atomic E-state index is 11.5. The summed E-state index contributed by atoms with van der Waals surface area (Å²) in [5.74, 6) is -0.656. The molecule has 0 aromatic heterocycles. The van der Waals surface area contributed by atoms with E-state index in [0.29, 0.717) is 18.0 Å². The topological polar surface area (TPSA) is 75.7 Å². The highest BCUT2D eigenvalue weighted by atomic mass is 16.5. The third-order valence-electron chi connectivity index (χ3n) is 2.74. The van der Waals surface area contributed by atoms with E-state index in [4.69, 9.17) is 4.74 Å². The molecule has 100 valence electrons. The van der Waals surface area contributed by atoms with Gasteiger partial charge in [-0.2, -0.15) is 0 Å². The first-order valence-corrected chi connectivity index (χ1v) is 5.79. The highest BCUT2D eigenvalue weighted by Gasteiger charge is 2.18. The zero-order valence-electron chi connectivity index (χ0n) is 10.7. The van der Waals surface area contributed by atoms with Crippen molar-refractivity contribution in [2.24, 2.45) is 0 Å². The van der Waals surface area contributed by atoms with Gasteiger partial charge in [-0.3, -0.25) is 14.4 Å². The molecule has 0 saturated carbocycles. The molecule has 1 aliphatic rings. The van der Waals surface area contributed by atoms with Gasteiger partial charge < -0.3 is 15.0 Å². The first kappa shape index (κ1) is 13.1. The lowest BCUT2D eigenvalue weighted by atomic mass is 10.1. The quantitative estimate of drug-likeness (QED) is 0.808. The van der Waals surface area contributed by atoms with E-state index in [-0.39, 0.29) is 12.5 Å². The normalized spacial score (nSPS) is 13.1. The van der Waals surface area contributed by atoms with Crippen molar-refractivity contribution in [1.82, 2.24) is 4.90 Å². The van der Waals surface area contributed by atoms with E-state index >= 15 is 0 Å². The van der Waals surface area contributed by atoms with Crippen LogP contribution in [0.2, 0.25) is 0 Å². The fourth-order valence-electron chi connectivity index (χ4n) is 1.84. The molecule has 0 saturated heterocycles. The molecule has 1 N–H and O–H groups in total. The van der Waals surface area contributed by atoms with Crippen molar-refractivity contribution in [1.29, 1.82) is 0 Å². The largest absolute Gasteiger partial charge is 0.482 e. The molecule has 0 fully saturated rings. The Bertz CT molecular complexity index is 554. The summed E-state index contributed by atoms with van der Waals surface area (Å²) in [4.78, 5) is 35.0. The summed E-state index contributed by atoms with van der Waals surface area (Å²) in [6.07, 6.45) is 0. The molecular formula is C13H14N2O4. The Morgan fingerprint density at radius 2 is 2.16 bits per heavy atom. The molecule has 2 amide bonds. The minimum atomic E-state index is -0.544. The lowest BCUT2D eigenvalue weighted by Crippen LogP contribution is -2.31. The second-order valence-corrected chi connectivity index (χ2v) is 4.38. The van der Waals surface area contributed by atoms with Gasteiger partial charge in [-0.15, -0.1) is 0 Å². The molecule has 19 heavy (non-hydrogen) atoms. The first-order chi connectivity index (χ1) is 8.97. The summed E-state index contributed by atoms with van der Waals surface area (Å²) < 4.78 is 5.23. The summed E-state index contributed by atoms with van der Waals surface area (Å²) in [7, 11) is 1.55. The van der Waals surface area contributed by atoms with Crippen LogP contribution in [0, 0.1) is 0 Å². The maximum absolute atomic E-state index is 11.5. The number of carbonyl (C=O) groups is 3. The summed E-state index contributed by atoms with van der Waals surface area (Å²) in [6, 6.07) is 5.26. The van der Waals surface area contributed by atoms with E-state index in [2.05, 4.69) is 5.32 Å². The Hall–Kier alpha value is -2.37. The van der Waals surface area contributed by atoms with Gasteiger partial charge in [-0.05, 0) is 17.7 Å². The zero-order chi connectivity index (χ0) is 14.0. The van der Waals surface area contributed by atoms with Crippen LogP contribution in [-0.2, 0) is 20.9 Å². The Balaban J connectivity index is 2.14. The van der Waals surface area contributed by atoms with Gasteiger partial charge in [0, 0.05) is 20.5 Å². The predicted octanol–water partition coefficient (Wildman–Crippen LogP) is 0.565. The minimum absolute atomic E-state index is 0.00900. The molecule has 0 bridgehead atoms. The van der Waals surface area contributed by atoms with Crippen molar-refractivity contribution in [3.63, 3.8) is 0 Å². The molecule has 0 spiro atoms. The smallest absolute Gasteiger partial charge is 0.289 e. The number of rotatable bonds is 3. The Morgan fingerprint density at radius 3 is 2.84 bits per heavy atom. The van der Waals surface area contributed by atoms with Crippen molar-refractivity contribution in [2.75, 3.05) is 19.0 Å². The number of nitrogens with one attached hydrogen (secondary N) is 1. The molecule has 0 aliphatic carbocycles. The molecular weight excluding hydrogens is 248 g/mol. The highest BCUT2D eigenvalue weighted by Crippen LogP contribution is 2.28. The van der Waals surface area contributed by atoms with Crippen molar-refractivity contribution in [2.45, 2.75) is 13.5 Å². The molecule has 1 aliphatic heterocycles. The number of fused-ring (bicyclic) bond motifs is 1. The molecule has 1 aromatic rings. The van der Waals surface area contributed by atoms with Crippen molar-refractivity contribution >= 4 is 23.3 Å². The molecule has 2 rings (SSSR count). The van der Waals surface area contributed by atoms with Gasteiger partial charge in [0.2, 0.25) is 5.78 Å². The monoisotopic (exact) mass is 262 g/mol. The number of amides is 2. The second-order valence-electron chi connectivity index (χ2n) is 4.38. The Kier molecular flexibility index (Phi) is 3.50. The van der Waals surface area contributed by atoms with Gasteiger partial charge >= 0.3 is 0 Å². The first-order valence-electron chi connectivity index (χ1n) is 5.79. The Morgan fingerprint density at radius 1 is 1.42 bits per heavy atom. The van der Waals surface area contributed by atoms with Gasteiger partial charge in [0.15, 0.2) is 6.61 Å². The summed E-state index contributed by atoms with van der Waals surface area (Å²) in [5.41, 5.74) is 1.39. The van der Waals surface area contributed by atoms with Crippen LogP contribution in [0.1, 0.15) is 12.5 Å². The van der Waals surface area contributed by atoms with Gasteiger partial charge in [0.25, 0.3) is 11.8 Å². The van der Waals surface area contributed by atoms with E-state index in [1.165, 1.54) is 11.8 Å². The lowest BCUT2D eigenvalue weighted by Gasteiger charge is -2.20. The average Bonchev–Trinajstić information content (AvgIpc) is 2.37. The third-order valence-corrected chi connectivity index (χ3v) is 2.74. The molecule has 1 heterocycles.